The number of nitrogens with two attached hydrogens (primary N) is 1. The van der Waals surface area contributed by atoms with Gasteiger partial charge in [0.25, 0.3) is 5.91 Å². The van der Waals surface area contributed by atoms with Crippen LogP contribution in [0.15, 0.2) is 12.1 Å². The molecule has 1 aromatic heterocycles. The average Bonchev–Trinajstić information content (AvgIpc) is 2.40. The molecule has 1 amide bonds. The van der Waals surface area contributed by atoms with Crippen molar-refractivity contribution in [2.45, 2.75) is 65.6 Å². The van der Waals surface area contributed by atoms with Crippen molar-refractivity contribution >= 4 is 5.91 Å². The zero-order valence-corrected chi connectivity index (χ0v) is 13.6. The van der Waals surface area contributed by atoms with Gasteiger partial charge in [0.15, 0.2) is 6.10 Å². The summed E-state index contributed by atoms with van der Waals surface area (Å²) >= 11 is 0. The predicted molar refractivity (Wildman–Crippen MR) is 84.3 cm³/mol. The van der Waals surface area contributed by atoms with Gasteiger partial charge in [-0.25, -0.2) is 0 Å². The van der Waals surface area contributed by atoms with Crippen LogP contribution in [0.25, 0.3) is 0 Å². The zero-order valence-electron chi connectivity index (χ0n) is 13.6. The van der Waals surface area contributed by atoms with Crippen molar-refractivity contribution in [3.63, 3.8) is 0 Å². The molecule has 0 bridgehead atoms. The Labute approximate surface area is 127 Å². The monoisotopic (exact) mass is 293 g/mol. The molecule has 3 unspecified atom stereocenters. The minimum atomic E-state index is -0.560. The standard InChI is InChI=1S/C16H27N3O2/c1-6-11(3)19-16(20)13(5)21-15-8-7-12(4)18-14(15)9-10(2)17/h7-8,10-11,13H,6,9,17H2,1-5H3,(H,19,20). The second kappa shape index (κ2) is 7.98. The Hall–Kier alpha value is -1.62. The summed E-state index contributed by atoms with van der Waals surface area (Å²) < 4.78 is 5.78. The van der Waals surface area contributed by atoms with E-state index in [-0.39, 0.29) is 18.0 Å². The van der Waals surface area contributed by atoms with Crippen LogP contribution in [0.3, 0.4) is 0 Å². The first-order valence-corrected chi connectivity index (χ1v) is 7.52. The first-order valence-electron chi connectivity index (χ1n) is 7.52. The van der Waals surface area contributed by atoms with Gasteiger partial charge >= 0.3 is 0 Å². The van der Waals surface area contributed by atoms with E-state index < -0.39 is 6.10 Å². The number of carbonyl (C=O) groups is 1. The molecule has 21 heavy (non-hydrogen) atoms. The smallest absolute Gasteiger partial charge is 0.260 e. The number of hydrogen-bond donors (Lipinski definition) is 2. The molecular formula is C16H27N3O2. The third kappa shape index (κ3) is 5.71. The highest BCUT2D eigenvalue weighted by molar-refractivity contribution is 5.81. The van der Waals surface area contributed by atoms with Crippen LogP contribution in [-0.2, 0) is 11.2 Å². The molecule has 0 aliphatic heterocycles. The van der Waals surface area contributed by atoms with Crippen molar-refractivity contribution in [1.29, 1.82) is 0 Å². The minimum absolute atomic E-state index is 0.00843. The summed E-state index contributed by atoms with van der Waals surface area (Å²) in [6.45, 7) is 9.59. The molecule has 0 aliphatic rings. The van der Waals surface area contributed by atoms with E-state index in [1.54, 1.807) is 6.92 Å². The maximum Gasteiger partial charge on any atom is 0.260 e. The lowest BCUT2D eigenvalue weighted by Crippen LogP contribution is -2.41. The molecule has 0 spiro atoms. The molecule has 1 aromatic rings. The van der Waals surface area contributed by atoms with E-state index in [1.165, 1.54) is 0 Å². The topological polar surface area (TPSA) is 77.2 Å². The van der Waals surface area contributed by atoms with Crippen LogP contribution >= 0.6 is 0 Å². The number of nitrogens with one attached hydrogen (secondary N) is 1. The molecule has 3 N–H and O–H groups in total. The van der Waals surface area contributed by atoms with E-state index in [4.69, 9.17) is 10.5 Å². The highest BCUT2D eigenvalue weighted by Crippen LogP contribution is 2.20. The van der Waals surface area contributed by atoms with E-state index in [2.05, 4.69) is 10.3 Å². The Morgan fingerprint density at radius 3 is 2.62 bits per heavy atom. The van der Waals surface area contributed by atoms with Crippen LogP contribution in [0.4, 0.5) is 0 Å². The van der Waals surface area contributed by atoms with Crippen molar-refractivity contribution < 1.29 is 9.53 Å². The third-order valence-corrected chi connectivity index (χ3v) is 3.26. The molecule has 5 heteroatoms. The van der Waals surface area contributed by atoms with E-state index in [0.717, 1.165) is 17.8 Å². The van der Waals surface area contributed by atoms with Gasteiger partial charge in [0.1, 0.15) is 5.75 Å². The van der Waals surface area contributed by atoms with Gasteiger partial charge in [-0.3, -0.25) is 9.78 Å². The lowest BCUT2D eigenvalue weighted by Gasteiger charge is -2.19. The van der Waals surface area contributed by atoms with Crippen LogP contribution in [0.5, 0.6) is 5.75 Å². The Balaban J connectivity index is 2.79. The minimum Gasteiger partial charge on any atom is -0.479 e. The van der Waals surface area contributed by atoms with Gasteiger partial charge in [0.2, 0.25) is 0 Å². The van der Waals surface area contributed by atoms with Crippen molar-refractivity contribution in [3.8, 4) is 5.75 Å². The van der Waals surface area contributed by atoms with Crippen LogP contribution in [0.2, 0.25) is 0 Å². The molecular weight excluding hydrogens is 266 g/mol. The van der Waals surface area contributed by atoms with Crippen molar-refractivity contribution in [2.24, 2.45) is 5.73 Å². The maximum atomic E-state index is 12.0. The summed E-state index contributed by atoms with van der Waals surface area (Å²) in [6, 6.07) is 3.86. The fourth-order valence-corrected chi connectivity index (χ4v) is 1.86. The Morgan fingerprint density at radius 1 is 1.38 bits per heavy atom. The zero-order chi connectivity index (χ0) is 16.0. The second-order valence-corrected chi connectivity index (χ2v) is 5.66. The van der Waals surface area contributed by atoms with Crippen LogP contribution < -0.4 is 15.8 Å². The van der Waals surface area contributed by atoms with Crippen LogP contribution in [0.1, 0.15) is 45.5 Å². The third-order valence-electron chi connectivity index (χ3n) is 3.26. The molecule has 118 valence electrons. The molecule has 0 aliphatic carbocycles. The fourth-order valence-electron chi connectivity index (χ4n) is 1.86. The summed E-state index contributed by atoms with van der Waals surface area (Å²) in [4.78, 5) is 16.5. The van der Waals surface area contributed by atoms with Gasteiger partial charge in [0, 0.05) is 24.2 Å². The molecule has 0 saturated carbocycles. The number of pyridine rings is 1. The quantitative estimate of drug-likeness (QED) is 0.805. The van der Waals surface area contributed by atoms with Crippen LogP contribution in [0, 0.1) is 6.92 Å². The number of nitrogens with zero attached hydrogens (tertiary/aromatic N) is 1. The van der Waals surface area contributed by atoms with Gasteiger partial charge in [-0.15, -0.1) is 0 Å². The first kappa shape index (κ1) is 17.4. The molecule has 3 atom stereocenters. The van der Waals surface area contributed by atoms with E-state index in [9.17, 15) is 4.79 Å². The Kier molecular flexibility index (Phi) is 6.62. The number of rotatable bonds is 7. The van der Waals surface area contributed by atoms with E-state index >= 15 is 0 Å². The summed E-state index contributed by atoms with van der Waals surface area (Å²) in [6.07, 6.45) is 0.951. The van der Waals surface area contributed by atoms with E-state index in [0.29, 0.717) is 12.2 Å². The number of hydrogen-bond acceptors (Lipinski definition) is 4. The summed E-state index contributed by atoms with van der Waals surface area (Å²) in [5.74, 6) is 0.515. The number of aromatic nitrogens is 1. The van der Waals surface area contributed by atoms with Crippen LogP contribution in [-0.4, -0.2) is 29.1 Å². The predicted octanol–water partition coefficient (Wildman–Crippen LogP) is 1.96. The van der Waals surface area contributed by atoms with Gasteiger partial charge < -0.3 is 15.8 Å². The van der Waals surface area contributed by atoms with Crippen molar-refractivity contribution in [1.82, 2.24) is 10.3 Å². The molecule has 0 fully saturated rings. The van der Waals surface area contributed by atoms with Crippen molar-refractivity contribution in [2.75, 3.05) is 0 Å². The highest BCUT2D eigenvalue weighted by atomic mass is 16.5. The Morgan fingerprint density at radius 2 is 2.05 bits per heavy atom. The average molecular weight is 293 g/mol. The van der Waals surface area contributed by atoms with Crippen molar-refractivity contribution in [3.05, 3.63) is 23.5 Å². The number of amides is 1. The number of ether oxygens (including phenoxy) is 1. The molecule has 5 nitrogen and oxygen atoms in total. The summed E-state index contributed by atoms with van der Waals surface area (Å²) in [7, 11) is 0. The van der Waals surface area contributed by atoms with Gasteiger partial charge in [-0.1, -0.05) is 6.92 Å². The maximum absolute atomic E-state index is 12.0. The lowest BCUT2D eigenvalue weighted by molar-refractivity contribution is -0.127. The molecule has 0 saturated heterocycles. The largest absolute Gasteiger partial charge is 0.479 e. The highest BCUT2D eigenvalue weighted by Gasteiger charge is 2.18. The second-order valence-electron chi connectivity index (χ2n) is 5.66. The summed E-state index contributed by atoms with van der Waals surface area (Å²) in [5.41, 5.74) is 7.55. The van der Waals surface area contributed by atoms with Gasteiger partial charge in [0.05, 0.1) is 5.69 Å². The lowest BCUT2D eigenvalue weighted by atomic mass is 10.1. The molecule has 0 aromatic carbocycles. The molecule has 1 heterocycles. The van der Waals surface area contributed by atoms with E-state index in [1.807, 2.05) is 39.8 Å². The first-order chi connectivity index (χ1) is 9.83. The molecule has 0 radical (unpaired) electrons. The molecule has 1 rings (SSSR count). The SMILES string of the molecule is CCC(C)NC(=O)C(C)Oc1ccc(C)nc1CC(C)N. The fraction of sp³-hybridized carbons (Fsp3) is 0.625. The van der Waals surface area contributed by atoms with Gasteiger partial charge in [-0.2, -0.15) is 0 Å². The Bertz CT molecular complexity index is 475. The number of carbonyl (C=O) groups excluding carboxylic acids is 1. The summed E-state index contributed by atoms with van der Waals surface area (Å²) in [5, 5.41) is 2.91. The van der Waals surface area contributed by atoms with Gasteiger partial charge in [-0.05, 0) is 46.2 Å². The number of aryl methyl sites for hydroxylation is 1. The normalized spacial score (nSPS) is 15.1.